The van der Waals surface area contributed by atoms with Gasteiger partial charge in [-0.1, -0.05) is 11.6 Å². The molecule has 1 saturated heterocycles. The number of aryl methyl sites for hydroxylation is 1. The minimum absolute atomic E-state index is 0.0516. The van der Waals surface area contributed by atoms with Gasteiger partial charge in [-0.15, -0.1) is 11.3 Å². The van der Waals surface area contributed by atoms with Crippen molar-refractivity contribution in [2.45, 2.75) is 13.0 Å². The number of ether oxygens (including phenoxy) is 1. The second-order valence-electron chi connectivity index (χ2n) is 6.96. The van der Waals surface area contributed by atoms with Crippen LogP contribution in [0.2, 0.25) is 5.02 Å². The molecular weight excluding hydrogens is 441 g/mol. The van der Waals surface area contributed by atoms with Crippen LogP contribution in [0.25, 0.3) is 5.76 Å². The number of hydrogen-bond acceptors (Lipinski definition) is 5. The van der Waals surface area contributed by atoms with E-state index in [4.69, 9.17) is 16.3 Å². The van der Waals surface area contributed by atoms with Crippen LogP contribution >= 0.6 is 22.9 Å². The van der Waals surface area contributed by atoms with Gasteiger partial charge in [-0.3, -0.25) is 14.5 Å². The minimum atomic E-state index is -0.855. The SMILES string of the molecule is COc1cc(/C(O)=C2/C(=O)C(=O)N(c3ccc(F)cc3)C2c2sccc2C)ccc1Cl. The average Bonchev–Trinajstić information content (AvgIpc) is 3.29. The Bertz CT molecular complexity index is 1220. The van der Waals surface area contributed by atoms with Gasteiger partial charge in [0.1, 0.15) is 23.4 Å². The lowest BCUT2D eigenvalue weighted by molar-refractivity contribution is -0.132. The zero-order chi connectivity index (χ0) is 22.3. The molecule has 158 valence electrons. The molecular formula is C23H17ClFNO4S. The highest BCUT2D eigenvalue weighted by molar-refractivity contribution is 7.10. The van der Waals surface area contributed by atoms with Crippen molar-refractivity contribution in [2.75, 3.05) is 12.0 Å². The van der Waals surface area contributed by atoms with Gasteiger partial charge in [0.25, 0.3) is 11.7 Å². The maximum atomic E-state index is 13.5. The topological polar surface area (TPSA) is 66.8 Å². The highest BCUT2D eigenvalue weighted by Crippen LogP contribution is 2.45. The first-order valence-electron chi connectivity index (χ1n) is 9.28. The Morgan fingerprint density at radius 3 is 2.48 bits per heavy atom. The fraction of sp³-hybridized carbons (Fsp3) is 0.130. The number of amides is 1. The number of thiophene rings is 1. The zero-order valence-corrected chi connectivity index (χ0v) is 18.1. The van der Waals surface area contributed by atoms with Crippen LogP contribution in [0.15, 0.2) is 59.5 Å². The van der Waals surface area contributed by atoms with Gasteiger partial charge in [0.15, 0.2) is 0 Å². The fourth-order valence-electron chi connectivity index (χ4n) is 3.58. The molecule has 0 bridgehead atoms. The first-order chi connectivity index (χ1) is 14.8. The van der Waals surface area contributed by atoms with E-state index in [0.717, 1.165) is 10.4 Å². The number of aliphatic hydroxyl groups excluding tert-OH is 1. The zero-order valence-electron chi connectivity index (χ0n) is 16.6. The van der Waals surface area contributed by atoms with E-state index in [1.165, 1.54) is 59.7 Å². The summed E-state index contributed by atoms with van der Waals surface area (Å²) >= 11 is 7.45. The summed E-state index contributed by atoms with van der Waals surface area (Å²) in [6, 6.07) is 10.9. The largest absolute Gasteiger partial charge is 0.507 e. The summed E-state index contributed by atoms with van der Waals surface area (Å²) in [6.45, 7) is 1.86. The van der Waals surface area contributed by atoms with Gasteiger partial charge in [0.2, 0.25) is 0 Å². The maximum absolute atomic E-state index is 13.5. The van der Waals surface area contributed by atoms with Crippen LogP contribution in [0.5, 0.6) is 5.75 Å². The second kappa shape index (κ2) is 8.17. The number of rotatable bonds is 4. The monoisotopic (exact) mass is 457 g/mol. The molecule has 1 unspecified atom stereocenters. The summed E-state index contributed by atoms with van der Waals surface area (Å²) in [4.78, 5) is 28.1. The Morgan fingerprint density at radius 2 is 1.87 bits per heavy atom. The number of ketones is 1. The number of benzene rings is 2. The summed E-state index contributed by atoms with van der Waals surface area (Å²) in [7, 11) is 1.44. The Morgan fingerprint density at radius 1 is 1.16 bits per heavy atom. The predicted octanol–water partition coefficient (Wildman–Crippen LogP) is 5.48. The van der Waals surface area contributed by atoms with Crippen LogP contribution < -0.4 is 9.64 Å². The smallest absolute Gasteiger partial charge is 0.300 e. The number of carbonyl (C=O) groups excluding carboxylic acids is 2. The molecule has 1 aromatic heterocycles. The molecule has 0 aliphatic carbocycles. The molecule has 4 rings (SSSR count). The van der Waals surface area contributed by atoms with Crippen molar-refractivity contribution in [3.8, 4) is 5.75 Å². The van der Waals surface area contributed by atoms with Crippen molar-refractivity contribution in [3.05, 3.63) is 86.3 Å². The predicted molar refractivity (Wildman–Crippen MR) is 118 cm³/mol. The molecule has 1 amide bonds. The normalized spacial score (nSPS) is 17.9. The average molecular weight is 458 g/mol. The summed E-state index contributed by atoms with van der Waals surface area (Å²) in [6.07, 6.45) is 0. The summed E-state index contributed by atoms with van der Waals surface area (Å²) < 4.78 is 18.7. The van der Waals surface area contributed by atoms with E-state index in [1.807, 2.05) is 18.4 Å². The van der Waals surface area contributed by atoms with Crippen molar-refractivity contribution in [1.82, 2.24) is 0 Å². The molecule has 5 nitrogen and oxygen atoms in total. The number of Topliss-reactive ketones (excluding diaryl/α,β-unsaturated/α-hetero) is 1. The van der Waals surface area contributed by atoms with Gasteiger partial charge in [0, 0.05) is 16.1 Å². The first-order valence-corrected chi connectivity index (χ1v) is 10.5. The van der Waals surface area contributed by atoms with E-state index in [-0.39, 0.29) is 16.9 Å². The van der Waals surface area contributed by atoms with Gasteiger partial charge < -0.3 is 9.84 Å². The van der Waals surface area contributed by atoms with E-state index < -0.39 is 23.5 Å². The van der Waals surface area contributed by atoms with Gasteiger partial charge in [-0.25, -0.2) is 4.39 Å². The quantitative estimate of drug-likeness (QED) is 0.320. The van der Waals surface area contributed by atoms with Gasteiger partial charge in [-0.2, -0.15) is 0 Å². The summed E-state index contributed by atoms with van der Waals surface area (Å²) in [5.74, 6) is -2.10. The molecule has 31 heavy (non-hydrogen) atoms. The van der Waals surface area contributed by atoms with E-state index >= 15 is 0 Å². The fourth-order valence-corrected chi connectivity index (χ4v) is 4.80. The number of aliphatic hydroxyl groups is 1. The molecule has 0 spiro atoms. The van der Waals surface area contributed by atoms with E-state index in [1.54, 1.807) is 6.07 Å². The third-order valence-corrected chi connectivity index (χ3v) is 6.51. The van der Waals surface area contributed by atoms with Crippen LogP contribution in [0.1, 0.15) is 22.0 Å². The minimum Gasteiger partial charge on any atom is -0.507 e. The summed E-state index contributed by atoms with van der Waals surface area (Å²) in [5.41, 5.74) is 1.46. The number of nitrogens with zero attached hydrogens (tertiary/aromatic N) is 1. The number of halogens is 2. The van der Waals surface area contributed by atoms with Crippen LogP contribution in [-0.4, -0.2) is 23.9 Å². The molecule has 1 N–H and O–H groups in total. The highest BCUT2D eigenvalue weighted by Gasteiger charge is 2.48. The van der Waals surface area contributed by atoms with Gasteiger partial charge in [0.05, 0.1) is 17.7 Å². The maximum Gasteiger partial charge on any atom is 0.300 e. The molecule has 3 aromatic rings. The molecule has 8 heteroatoms. The molecule has 0 saturated carbocycles. The first kappa shape index (κ1) is 21.1. The lowest BCUT2D eigenvalue weighted by atomic mass is 9.98. The van der Waals surface area contributed by atoms with Crippen LogP contribution in [0.3, 0.4) is 0 Å². The Labute approximate surface area is 187 Å². The van der Waals surface area contributed by atoms with Gasteiger partial charge in [-0.05, 0) is 66.4 Å². The van der Waals surface area contributed by atoms with Crippen molar-refractivity contribution >= 4 is 46.1 Å². The van der Waals surface area contributed by atoms with Gasteiger partial charge >= 0.3 is 0 Å². The van der Waals surface area contributed by atoms with Crippen LogP contribution in [-0.2, 0) is 9.59 Å². The molecule has 2 heterocycles. The van der Waals surface area contributed by atoms with Crippen molar-refractivity contribution in [1.29, 1.82) is 0 Å². The van der Waals surface area contributed by atoms with E-state index in [9.17, 15) is 19.1 Å². The number of carbonyl (C=O) groups is 2. The molecule has 1 atom stereocenters. The Balaban J connectivity index is 1.95. The lowest BCUT2D eigenvalue weighted by Crippen LogP contribution is -2.29. The third kappa shape index (κ3) is 3.60. The molecule has 1 aliphatic heterocycles. The Hall–Kier alpha value is -3.16. The van der Waals surface area contributed by atoms with E-state index in [2.05, 4.69) is 0 Å². The van der Waals surface area contributed by atoms with Crippen molar-refractivity contribution in [3.63, 3.8) is 0 Å². The molecule has 1 aliphatic rings. The van der Waals surface area contributed by atoms with Crippen molar-refractivity contribution in [2.24, 2.45) is 0 Å². The molecule has 2 aromatic carbocycles. The lowest BCUT2D eigenvalue weighted by Gasteiger charge is -2.25. The molecule has 0 radical (unpaired) electrons. The number of anilines is 1. The Kier molecular flexibility index (Phi) is 5.56. The highest BCUT2D eigenvalue weighted by atomic mass is 35.5. The van der Waals surface area contributed by atoms with Crippen molar-refractivity contribution < 1.29 is 23.8 Å². The standard InChI is InChI=1S/C23H17ClFNO4S/c1-12-9-10-31-22(12)19-18(20(27)13-3-8-16(24)17(11-13)30-2)21(28)23(29)26(19)15-6-4-14(25)5-7-15/h3-11,19,27H,1-2H3/b20-18-. The third-order valence-electron chi connectivity index (χ3n) is 5.12. The summed E-state index contributed by atoms with van der Waals surface area (Å²) in [5, 5.41) is 13.3. The van der Waals surface area contributed by atoms with Crippen LogP contribution in [0.4, 0.5) is 10.1 Å². The molecule has 1 fully saturated rings. The second-order valence-corrected chi connectivity index (χ2v) is 8.32. The number of methoxy groups -OCH3 is 1. The van der Waals surface area contributed by atoms with E-state index in [0.29, 0.717) is 16.5 Å². The van der Waals surface area contributed by atoms with Crippen LogP contribution in [0, 0.1) is 12.7 Å². The number of hydrogen-bond donors (Lipinski definition) is 1.